The number of nitrogens with one attached hydrogen (secondary N) is 1. The van der Waals surface area contributed by atoms with Gasteiger partial charge in [0.2, 0.25) is 0 Å². The van der Waals surface area contributed by atoms with E-state index >= 15 is 0 Å². The third kappa shape index (κ3) is 3.19. The van der Waals surface area contributed by atoms with E-state index in [1.165, 1.54) is 26.2 Å². The molecule has 1 aromatic carbocycles. The van der Waals surface area contributed by atoms with E-state index < -0.39 is 0 Å². The molecule has 1 saturated carbocycles. The van der Waals surface area contributed by atoms with Gasteiger partial charge < -0.3 is 5.32 Å². The molecular weight excluding hydrogens is 226 g/mol. The van der Waals surface area contributed by atoms with Gasteiger partial charge in [-0.15, -0.1) is 0 Å². The summed E-state index contributed by atoms with van der Waals surface area (Å²) in [4.78, 5) is 23.3. The molecule has 1 aliphatic carbocycles. The normalized spacial score (nSPS) is 16.3. The Morgan fingerprint density at radius 3 is 2.44 bits per heavy atom. The first-order valence-electron chi connectivity index (χ1n) is 6.58. The van der Waals surface area contributed by atoms with Crippen molar-refractivity contribution < 1.29 is 9.59 Å². The Kier molecular flexibility index (Phi) is 4.13. The molecule has 18 heavy (non-hydrogen) atoms. The van der Waals surface area contributed by atoms with E-state index in [9.17, 15) is 9.59 Å². The van der Waals surface area contributed by atoms with Crippen molar-refractivity contribution in [3.05, 3.63) is 35.4 Å². The van der Waals surface area contributed by atoms with Crippen molar-refractivity contribution in [2.24, 2.45) is 0 Å². The Morgan fingerprint density at radius 1 is 1.11 bits per heavy atom. The first-order chi connectivity index (χ1) is 8.66. The van der Waals surface area contributed by atoms with Crippen LogP contribution in [-0.4, -0.2) is 17.7 Å². The zero-order valence-electron chi connectivity index (χ0n) is 10.7. The van der Waals surface area contributed by atoms with E-state index in [2.05, 4.69) is 5.32 Å². The van der Waals surface area contributed by atoms with Gasteiger partial charge in [0.1, 0.15) is 0 Å². The van der Waals surface area contributed by atoms with Crippen molar-refractivity contribution in [3.8, 4) is 0 Å². The van der Waals surface area contributed by atoms with Crippen molar-refractivity contribution in [2.45, 2.75) is 45.1 Å². The highest BCUT2D eigenvalue weighted by molar-refractivity contribution is 5.99. The summed E-state index contributed by atoms with van der Waals surface area (Å²) in [6.07, 6.45) is 5.79. The highest BCUT2D eigenvalue weighted by Crippen LogP contribution is 2.18. The summed E-state index contributed by atoms with van der Waals surface area (Å²) < 4.78 is 0. The minimum Gasteiger partial charge on any atom is -0.349 e. The summed E-state index contributed by atoms with van der Waals surface area (Å²) >= 11 is 0. The number of ketones is 1. The zero-order chi connectivity index (χ0) is 13.0. The minimum absolute atomic E-state index is 0.0117. The summed E-state index contributed by atoms with van der Waals surface area (Å²) in [5.41, 5.74) is 1.17. The van der Waals surface area contributed by atoms with Gasteiger partial charge in [-0.05, 0) is 31.9 Å². The van der Waals surface area contributed by atoms with Crippen molar-refractivity contribution in [2.75, 3.05) is 0 Å². The number of hydrogen-bond donors (Lipinski definition) is 1. The highest BCUT2D eigenvalue weighted by Gasteiger charge is 2.16. The van der Waals surface area contributed by atoms with Crippen molar-refractivity contribution in [1.29, 1.82) is 0 Å². The molecule has 1 aliphatic rings. The van der Waals surface area contributed by atoms with E-state index in [1.54, 1.807) is 24.3 Å². The fourth-order valence-electron chi connectivity index (χ4n) is 2.40. The van der Waals surface area contributed by atoms with Gasteiger partial charge in [0.05, 0.1) is 0 Å². The maximum Gasteiger partial charge on any atom is 0.251 e. The number of carbonyl (C=O) groups is 2. The van der Waals surface area contributed by atoms with Crippen LogP contribution in [-0.2, 0) is 0 Å². The lowest BCUT2D eigenvalue weighted by atomic mass is 9.95. The Morgan fingerprint density at radius 2 is 1.78 bits per heavy atom. The van der Waals surface area contributed by atoms with Crippen molar-refractivity contribution >= 4 is 11.7 Å². The fourth-order valence-corrected chi connectivity index (χ4v) is 2.40. The molecule has 0 unspecified atom stereocenters. The lowest BCUT2D eigenvalue weighted by Gasteiger charge is -2.22. The molecule has 1 fully saturated rings. The molecule has 1 amide bonds. The maximum atomic E-state index is 12.1. The van der Waals surface area contributed by atoms with Crippen LogP contribution in [0.15, 0.2) is 24.3 Å². The van der Waals surface area contributed by atoms with Gasteiger partial charge in [0, 0.05) is 17.2 Å². The average molecular weight is 245 g/mol. The largest absolute Gasteiger partial charge is 0.349 e. The Bertz CT molecular complexity index is 448. The third-order valence-corrected chi connectivity index (χ3v) is 3.47. The standard InChI is InChI=1S/C15H19NO2/c1-11(17)12-6-5-7-13(10-12)15(18)16-14-8-3-2-4-9-14/h5-7,10,14H,2-4,8-9H2,1H3,(H,16,18). The van der Waals surface area contributed by atoms with Crippen LogP contribution in [0.4, 0.5) is 0 Å². The van der Waals surface area contributed by atoms with Crippen LogP contribution in [0.1, 0.15) is 59.7 Å². The van der Waals surface area contributed by atoms with E-state index in [0.717, 1.165) is 12.8 Å². The molecule has 0 aliphatic heterocycles. The van der Waals surface area contributed by atoms with Crippen LogP contribution < -0.4 is 5.32 Å². The van der Waals surface area contributed by atoms with Crippen LogP contribution in [0.25, 0.3) is 0 Å². The van der Waals surface area contributed by atoms with E-state index in [-0.39, 0.29) is 11.7 Å². The van der Waals surface area contributed by atoms with Crippen molar-refractivity contribution in [3.63, 3.8) is 0 Å². The van der Waals surface area contributed by atoms with Crippen LogP contribution >= 0.6 is 0 Å². The van der Waals surface area contributed by atoms with E-state index in [4.69, 9.17) is 0 Å². The number of carbonyl (C=O) groups excluding carboxylic acids is 2. The fraction of sp³-hybridized carbons (Fsp3) is 0.467. The summed E-state index contributed by atoms with van der Waals surface area (Å²) in [5, 5.41) is 3.05. The van der Waals surface area contributed by atoms with Gasteiger partial charge in [0.25, 0.3) is 5.91 Å². The molecule has 0 spiro atoms. The predicted octanol–water partition coefficient (Wildman–Crippen LogP) is 2.95. The Labute approximate surface area is 108 Å². The molecule has 96 valence electrons. The SMILES string of the molecule is CC(=O)c1cccc(C(=O)NC2CCCCC2)c1. The van der Waals surface area contributed by atoms with Gasteiger partial charge in [-0.2, -0.15) is 0 Å². The number of amides is 1. The second-order valence-electron chi connectivity index (χ2n) is 4.95. The van der Waals surface area contributed by atoms with Crippen molar-refractivity contribution in [1.82, 2.24) is 5.32 Å². The molecule has 0 radical (unpaired) electrons. The van der Waals surface area contributed by atoms with Gasteiger partial charge in [-0.25, -0.2) is 0 Å². The highest BCUT2D eigenvalue weighted by atomic mass is 16.1. The second kappa shape index (κ2) is 5.80. The summed E-state index contributed by atoms with van der Waals surface area (Å²) in [6.45, 7) is 1.51. The maximum absolute atomic E-state index is 12.1. The summed E-state index contributed by atoms with van der Waals surface area (Å²) in [7, 11) is 0. The first kappa shape index (κ1) is 12.8. The zero-order valence-corrected chi connectivity index (χ0v) is 10.7. The molecule has 1 aromatic rings. The van der Waals surface area contributed by atoms with E-state index in [1.807, 2.05) is 0 Å². The molecule has 0 atom stereocenters. The minimum atomic E-state index is -0.0648. The topological polar surface area (TPSA) is 46.2 Å². The molecule has 0 bridgehead atoms. The average Bonchev–Trinajstić information content (AvgIpc) is 2.40. The van der Waals surface area contributed by atoms with Gasteiger partial charge in [-0.3, -0.25) is 9.59 Å². The molecule has 3 nitrogen and oxygen atoms in total. The molecule has 2 rings (SSSR count). The number of benzene rings is 1. The molecule has 1 N–H and O–H groups in total. The number of hydrogen-bond acceptors (Lipinski definition) is 2. The van der Waals surface area contributed by atoms with Crippen LogP contribution in [0.3, 0.4) is 0 Å². The predicted molar refractivity (Wildman–Crippen MR) is 70.8 cm³/mol. The first-order valence-corrected chi connectivity index (χ1v) is 6.58. The summed E-state index contributed by atoms with van der Waals surface area (Å²) in [5.74, 6) is -0.0766. The molecule has 0 saturated heterocycles. The second-order valence-corrected chi connectivity index (χ2v) is 4.95. The quantitative estimate of drug-likeness (QED) is 0.832. The monoisotopic (exact) mass is 245 g/mol. The molecular formula is C15H19NO2. The van der Waals surface area contributed by atoms with Gasteiger partial charge in [0.15, 0.2) is 5.78 Å². The van der Waals surface area contributed by atoms with Gasteiger partial charge >= 0.3 is 0 Å². The molecule has 3 heteroatoms. The smallest absolute Gasteiger partial charge is 0.251 e. The summed E-state index contributed by atoms with van der Waals surface area (Å²) in [6, 6.07) is 7.21. The lowest BCUT2D eigenvalue weighted by molar-refractivity contribution is 0.0927. The number of Topliss-reactive ketones (excluding diaryl/α,β-unsaturated/α-hetero) is 1. The van der Waals surface area contributed by atoms with E-state index in [0.29, 0.717) is 17.2 Å². The van der Waals surface area contributed by atoms with Crippen LogP contribution in [0, 0.1) is 0 Å². The third-order valence-electron chi connectivity index (χ3n) is 3.47. The van der Waals surface area contributed by atoms with Gasteiger partial charge in [-0.1, -0.05) is 31.4 Å². The number of rotatable bonds is 3. The van der Waals surface area contributed by atoms with Crippen LogP contribution in [0.5, 0.6) is 0 Å². The van der Waals surface area contributed by atoms with Crippen LogP contribution in [0.2, 0.25) is 0 Å². The molecule has 0 aromatic heterocycles. The lowest BCUT2D eigenvalue weighted by Crippen LogP contribution is -2.36. The Balaban J connectivity index is 2.03. The molecule has 0 heterocycles. The Hall–Kier alpha value is -1.64.